The van der Waals surface area contributed by atoms with Crippen molar-refractivity contribution in [2.75, 3.05) is 50.8 Å². The van der Waals surface area contributed by atoms with Gasteiger partial charge in [0.15, 0.2) is 0 Å². The molecular formula is C46H47N5O8. The summed E-state index contributed by atoms with van der Waals surface area (Å²) in [5.41, 5.74) is 6.49. The largest absolute Gasteiger partial charge is 0.496 e. The zero-order valence-electron chi connectivity index (χ0n) is 33.5. The number of esters is 1. The number of methoxy groups -OCH3 is 2. The minimum Gasteiger partial charge on any atom is -0.496 e. The van der Waals surface area contributed by atoms with Gasteiger partial charge in [-0.2, -0.15) is 0 Å². The van der Waals surface area contributed by atoms with Crippen molar-refractivity contribution in [3.05, 3.63) is 125 Å². The van der Waals surface area contributed by atoms with Gasteiger partial charge < -0.3 is 40.0 Å². The number of hydrogen-bond donors (Lipinski definition) is 3. The predicted octanol–water partition coefficient (Wildman–Crippen LogP) is 5.93. The van der Waals surface area contributed by atoms with Crippen molar-refractivity contribution >= 4 is 51.9 Å². The lowest BCUT2D eigenvalue weighted by atomic mass is 9.98. The van der Waals surface area contributed by atoms with Crippen molar-refractivity contribution in [3.63, 3.8) is 0 Å². The Morgan fingerprint density at radius 1 is 0.847 bits per heavy atom. The third-order valence-corrected chi connectivity index (χ3v) is 11.1. The average molecular weight is 798 g/mol. The standard InChI is InChI=1S/C46H47N5O8/c1-28(47-2)43(53)49-38-26-50(42(52)18-11-23-48-46(56)59-27-37-34-14-7-5-12-32(34)33-13-6-8-15-35(33)37)39-16-9-10-17-40(39)51(44(38)54)25-36-31-21-19-30(45(55)58-4)24-29(31)20-22-41(36)57-3/h5-10,12-17,19-22,24,28,37-38,47H,11,18,23,25-27H2,1-4H3,(H,48,56)(H,49,53)/t28-,38?/m0/s1. The third kappa shape index (κ3) is 8.33. The van der Waals surface area contributed by atoms with Crippen LogP contribution in [0.4, 0.5) is 16.2 Å². The number of rotatable bonds is 13. The van der Waals surface area contributed by atoms with Crippen molar-refractivity contribution in [2.45, 2.75) is 44.3 Å². The summed E-state index contributed by atoms with van der Waals surface area (Å²) in [5.74, 6) is -1.17. The molecular weight excluding hydrogens is 751 g/mol. The first-order valence-electron chi connectivity index (χ1n) is 19.6. The number of fused-ring (bicyclic) bond motifs is 5. The molecule has 13 heteroatoms. The monoisotopic (exact) mass is 797 g/mol. The molecule has 13 nitrogen and oxygen atoms in total. The third-order valence-electron chi connectivity index (χ3n) is 11.1. The van der Waals surface area contributed by atoms with E-state index in [1.807, 2.05) is 30.3 Å². The number of carbonyl (C=O) groups is 5. The summed E-state index contributed by atoms with van der Waals surface area (Å²) in [6.45, 7) is 1.93. The molecule has 2 aliphatic rings. The summed E-state index contributed by atoms with van der Waals surface area (Å²) in [4.78, 5) is 70.4. The molecule has 0 radical (unpaired) electrons. The van der Waals surface area contributed by atoms with Gasteiger partial charge in [-0.25, -0.2) is 9.59 Å². The van der Waals surface area contributed by atoms with Crippen LogP contribution >= 0.6 is 0 Å². The smallest absolute Gasteiger partial charge is 0.407 e. The number of nitrogens with zero attached hydrogens (tertiary/aromatic N) is 2. The molecule has 0 fully saturated rings. The van der Waals surface area contributed by atoms with Crippen LogP contribution in [0.3, 0.4) is 0 Å². The van der Waals surface area contributed by atoms with Crippen LogP contribution in [0, 0.1) is 0 Å². The second kappa shape index (κ2) is 17.8. The molecule has 59 heavy (non-hydrogen) atoms. The lowest BCUT2D eigenvalue weighted by Crippen LogP contribution is -2.55. The van der Waals surface area contributed by atoms with Crippen molar-refractivity contribution in [2.24, 2.45) is 0 Å². The number of likely N-dealkylation sites (N-methyl/N-ethyl adjacent to an activating group) is 1. The molecule has 0 saturated heterocycles. The molecule has 4 amide bonds. The van der Waals surface area contributed by atoms with Crippen LogP contribution in [-0.2, 0) is 30.4 Å². The van der Waals surface area contributed by atoms with Gasteiger partial charge in [-0.1, -0.05) is 72.8 Å². The summed E-state index contributed by atoms with van der Waals surface area (Å²) in [7, 11) is 4.50. The number of ether oxygens (including phenoxy) is 3. The van der Waals surface area contributed by atoms with Crippen LogP contribution in [0.25, 0.3) is 21.9 Å². The molecule has 3 N–H and O–H groups in total. The maximum atomic E-state index is 14.7. The van der Waals surface area contributed by atoms with Gasteiger partial charge in [-0.3, -0.25) is 14.4 Å². The highest BCUT2D eigenvalue weighted by Crippen LogP contribution is 2.44. The van der Waals surface area contributed by atoms with Crippen molar-refractivity contribution in [1.29, 1.82) is 0 Å². The Morgan fingerprint density at radius 2 is 1.53 bits per heavy atom. The molecule has 1 unspecified atom stereocenters. The average Bonchev–Trinajstić information content (AvgIpc) is 3.53. The van der Waals surface area contributed by atoms with Gasteiger partial charge in [0.25, 0.3) is 5.91 Å². The molecule has 0 saturated carbocycles. The Hall–Kier alpha value is -6.73. The van der Waals surface area contributed by atoms with Gasteiger partial charge in [0.2, 0.25) is 11.8 Å². The van der Waals surface area contributed by atoms with Gasteiger partial charge in [0.1, 0.15) is 18.4 Å². The molecule has 2 atom stereocenters. The minimum atomic E-state index is -1.11. The van der Waals surface area contributed by atoms with Gasteiger partial charge in [-0.05, 0) is 83.8 Å². The summed E-state index contributed by atoms with van der Waals surface area (Å²) in [5, 5.41) is 10.0. The van der Waals surface area contributed by atoms with Crippen LogP contribution in [-0.4, -0.2) is 82.8 Å². The highest BCUT2D eigenvalue weighted by atomic mass is 16.5. The number of nitrogens with one attached hydrogen (secondary N) is 3. The van der Waals surface area contributed by atoms with Crippen LogP contribution in [0.15, 0.2) is 103 Å². The molecule has 5 aromatic carbocycles. The SMILES string of the molecule is CN[C@@H](C)C(=O)NC1CN(C(=O)CCCNC(=O)OCC2c3ccccc3-c3ccccc32)c2ccccc2N(Cc2c(OC)ccc3cc(C(=O)OC)ccc23)C1=O. The first-order valence-corrected chi connectivity index (χ1v) is 19.6. The number of benzene rings is 5. The van der Waals surface area contributed by atoms with E-state index in [0.29, 0.717) is 34.7 Å². The number of carbonyl (C=O) groups excluding carboxylic acids is 5. The van der Waals surface area contributed by atoms with Gasteiger partial charge >= 0.3 is 12.1 Å². The molecule has 0 aromatic heterocycles. The summed E-state index contributed by atoms with van der Waals surface area (Å²) < 4.78 is 16.4. The maximum Gasteiger partial charge on any atom is 0.407 e. The Kier molecular flexibility index (Phi) is 12.2. The molecule has 0 spiro atoms. The van der Waals surface area contributed by atoms with Crippen molar-refractivity contribution in [3.8, 4) is 16.9 Å². The van der Waals surface area contributed by atoms with Gasteiger partial charge in [-0.15, -0.1) is 0 Å². The number of hydrogen-bond acceptors (Lipinski definition) is 9. The van der Waals surface area contributed by atoms with Crippen LogP contribution < -0.4 is 30.5 Å². The quantitative estimate of drug-likeness (QED) is 0.0972. The van der Waals surface area contributed by atoms with E-state index in [4.69, 9.17) is 14.2 Å². The Balaban J connectivity index is 1.09. The Morgan fingerprint density at radius 3 is 2.20 bits per heavy atom. The fourth-order valence-electron chi connectivity index (χ4n) is 7.87. The van der Waals surface area contributed by atoms with Crippen LogP contribution in [0.5, 0.6) is 5.75 Å². The normalized spacial score (nSPS) is 15.1. The fourth-order valence-corrected chi connectivity index (χ4v) is 7.87. The number of para-hydroxylation sites is 2. The highest BCUT2D eigenvalue weighted by Gasteiger charge is 2.38. The zero-order chi connectivity index (χ0) is 41.6. The van der Waals surface area contributed by atoms with Crippen molar-refractivity contribution < 1.29 is 38.2 Å². The minimum absolute atomic E-state index is 0.0218. The molecule has 1 aliphatic carbocycles. The topological polar surface area (TPSA) is 156 Å². The van der Waals surface area contributed by atoms with E-state index in [0.717, 1.165) is 33.0 Å². The van der Waals surface area contributed by atoms with E-state index in [1.54, 1.807) is 67.4 Å². The summed E-state index contributed by atoms with van der Waals surface area (Å²) in [6, 6.07) is 30.4. The van der Waals surface area contributed by atoms with E-state index in [9.17, 15) is 24.0 Å². The molecule has 5 aromatic rings. The van der Waals surface area contributed by atoms with Crippen LogP contribution in [0.1, 0.15) is 52.7 Å². The van der Waals surface area contributed by atoms with E-state index in [-0.39, 0.29) is 44.5 Å². The first kappa shape index (κ1) is 40.5. The van der Waals surface area contributed by atoms with E-state index in [1.165, 1.54) is 19.1 Å². The van der Waals surface area contributed by atoms with Gasteiger partial charge in [0.05, 0.1) is 50.3 Å². The highest BCUT2D eigenvalue weighted by molar-refractivity contribution is 6.08. The lowest BCUT2D eigenvalue weighted by Gasteiger charge is -2.27. The van der Waals surface area contributed by atoms with Crippen molar-refractivity contribution in [1.82, 2.24) is 16.0 Å². The van der Waals surface area contributed by atoms with Crippen LogP contribution in [0.2, 0.25) is 0 Å². The van der Waals surface area contributed by atoms with E-state index in [2.05, 4.69) is 40.2 Å². The lowest BCUT2D eigenvalue weighted by molar-refractivity contribution is -0.128. The summed E-state index contributed by atoms with van der Waals surface area (Å²) in [6.07, 6.45) is -0.236. The first-order chi connectivity index (χ1) is 28.6. The molecule has 1 heterocycles. The van der Waals surface area contributed by atoms with Gasteiger partial charge in [0, 0.05) is 24.4 Å². The molecule has 1 aliphatic heterocycles. The molecule has 304 valence electrons. The Bertz CT molecular complexity index is 2370. The Labute approximate surface area is 342 Å². The number of alkyl carbamates (subject to hydrolysis) is 1. The summed E-state index contributed by atoms with van der Waals surface area (Å²) >= 11 is 0. The number of amides is 4. The van der Waals surface area contributed by atoms with E-state index >= 15 is 0 Å². The maximum absolute atomic E-state index is 14.7. The predicted molar refractivity (Wildman–Crippen MR) is 225 cm³/mol. The fraction of sp³-hybridized carbons (Fsp3) is 0.283. The second-order valence-electron chi connectivity index (χ2n) is 14.5. The second-order valence-corrected chi connectivity index (χ2v) is 14.5. The zero-order valence-corrected chi connectivity index (χ0v) is 33.5. The van der Waals surface area contributed by atoms with E-state index < -0.39 is 36.0 Å². The number of anilines is 2. The molecule has 0 bridgehead atoms. The molecule has 7 rings (SSSR count).